The van der Waals surface area contributed by atoms with E-state index in [1.807, 2.05) is 0 Å². The fourth-order valence-corrected chi connectivity index (χ4v) is 1.08. The van der Waals surface area contributed by atoms with Crippen molar-refractivity contribution in [2.24, 2.45) is 0 Å². The number of halogens is 1. The van der Waals surface area contributed by atoms with Gasteiger partial charge in [-0.25, -0.2) is 4.39 Å². The van der Waals surface area contributed by atoms with Crippen LogP contribution in [0, 0.1) is 0 Å². The van der Waals surface area contributed by atoms with Gasteiger partial charge in [0.15, 0.2) is 0 Å². The van der Waals surface area contributed by atoms with Crippen LogP contribution in [-0.2, 0) is 9.53 Å². The van der Waals surface area contributed by atoms with Gasteiger partial charge in [0, 0.05) is 0 Å². The molecule has 3 nitrogen and oxygen atoms in total. The third-order valence-corrected chi connectivity index (χ3v) is 1.60. The molecule has 0 amide bonds. The van der Waals surface area contributed by atoms with E-state index < -0.39 is 6.36 Å². The number of rotatable bonds is 3. The minimum Gasteiger partial charge on any atom is -0.432 e. The molecule has 1 fully saturated rings. The molecule has 2 unspecified atom stereocenters. The summed E-state index contributed by atoms with van der Waals surface area (Å²) in [5, 5.41) is 2.88. The monoisotopic (exact) mass is 147 g/mol. The number of carbonyl (C=O) groups is 1. The highest BCUT2D eigenvalue weighted by atomic mass is 19.1. The van der Waals surface area contributed by atoms with Gasteiger partial charge in [-0.05, 0) is 19.4 Å². The van der Waals surface area contributed by atoms with Gasteiger partial charge < -0.3 is 10.1 Å². The largest absolute Gasteiger partial charge is 0.432 e. The van der Waals surface area contributed by atoms with Gasteiger partial charge in [0.1, 0.15) is 0 Å². The van der Waals surface area contributed by atoms with Crippen molar-refractivity contribution in [1.29, 1.82) is 0 Å². The van der Waals surface area contributed by atoms with Crippen LogP contribution in [0.25, 0.3) is 0 Å². The summed E-state index contributed by atoms with van der Waals surface area (Å²) < 4.78 is 16.7. The summed E-state index contributed by atoms with van der Waals surface area (Å²) in [5.74, 6) is 0. The number of nitrogens with one attached hydrogen (secondary N) is 1. The van der Waals surface area contributed by atoms with Gasteiger partial charge >= 0.3 is 0 Å². The van der Waals surface area contributed by atoms with Crippen LogP contribution in [0.4, 0.5) is 4.39 Å². The first-order valence-corrected chi connectivity index (χ1v) is 3.31. The van der Waals surface area contributed by atoms with E-state index in [0.29, 0.717) is 0 Å². The van der Waals surface area contributed by atoms with E-state index in [4.69, 9.17) is 0 Å². The molecule has 0 aromatic heterocycles. The Morgan fingerprint density at radius 3 is 3.10 bits per heavy atom. The van der Waals surface area contributed by atoms with Crippen molar-refractivity contribution < 1.29 is 13.9 Å². The molecular weight excluding hydrogens is 137 g/mol. The van der Waals surface area contributed by atoms with Crippen molar-refractivity contribution in [3.05, 3.63) is 0 Å². The number of hydrogen-bond acceptors (Lipinski definition) is 3. The molecule has 0 aromatic carbocycles. The lowest BCUT2D eigenvalue weighted by Crippen LogP contribution is -2.33. The number of carbonyl (C=O) groups excluding carboxylic acids is 1. The summed E-state index contributed by atoms with van der Waals surface area (Å²) in [6.07, 6.45) is 0.225. The van der Waals surface area contributed by atoms with Gasteiger partial charge in [-0.1, -0.05) is 0 Å². The van der Waals surface area contributed by atoms with Crippen molar-refractivity contribution in [3.63, 3.8) is 0 Å². The van der Waals surface area contributed by atoms with Crippen LogP contribution in [0.2, 0.25) is 0 Å². The number of hydrogen-bond donors (Lipinski definition) is 1. The van der Waals surface area contributed by atoms with Crippen molar-refractivity contribution in [3.8, 4) is 0 Å². The minimum atomic E-state index is -1.47. The molecule has 0 bridgehead atoms. The van der Waals surface area contributed by atoms with Gasteiger partial charge in [0.05, 0.1) is 6.04 Å². The second kappa shape index (κ2) is 3.51. The van der Waals surface area contributed by atoms with Crippen molar-refractivity contribution in [1.82, 2.24) is 5.32 Å². The van der Waals surface area contributed by atoms with E-state index in [-0.39, 0.29) is 12.5 Å². The number of alkyl halides is 1. The molecule has 1 heterocycles. The third kappa shape index (κ3) is 1.67. The fraction of sp³-hybridized carbons (Fsp3) is 0.833. The highest BCUT2D eigenvalue weighted by Gasteiger charge is 2.24. The Balaban J connectivity index is 2.24. The summed E-state index contributed by atoms with van der Waals surface area (Å²) in [6, 6.07) is -0.287. The van der Waals surface area contributed by atoms with Crippen LogP contribution in [0.15, 0.2) is 0 Å². The zero-order valence-electron chi connectivity index (χ0n) is 5.55. The maximum atomic E-state index is 12.6. The zero-order valence-corrected chi connectivity index (χ0v) is 5.55. The zero-order chi connectivity index (χ0) is 7.40. The molecule has 0 saturated carbocycles. The molecule has 10 heavy (non-hydrogen) atoms. The summed E-state index contributed by atoms with van der Waals surface area (Å²) in [6.45, 7) is 0.956. The second-order valence-electron chi connectivity index (χ2n) is 2.29. The van der Waals surface area contributed by atoms with E-state index in [1.54, 1.807) is 0 Å². The Kier molecular flexibility index (Phi) is 2.62. The van der Waals surface area contributed by atoms with E-state index >= 15 is 0 Å². The standard InChI is InChI=1S/C6H10FNO2/c7-6(10-4-9)5-2-1-3-8-5/h4-6,8H,1-3H2. The molecule has 58 valence electrons. The third-order valence-electron chi connectivity index (χ3n) is 1.60. The van der Waals surface area contributed by atoms with Gasteiger partial charge in [0.2, 0.25) is 0 Å². The molecule has 1 aliphatic heterocycles. The molecular formula is C6H10FNO2. The van der Waals surface area contributed by atoms with Crippen LogP contribution >= 0.6 is 0 Å². The predicted molar refractivity (Wildman–Crippen MR) is 33.1 cm³/mol. The van der Waals surface area contributed by atoms with Crippen LogP contribution in [-0.4, -0.2) is 25.4 Å². The molecule has 2 atom stereocenters. The lowest BCUT2D eigenvalue weighted by Gasteiger charge is -2.12. The SMILES string of the molecule is O=COC(F)C1CCCN1. The summed E-state index contributed by atoms with van der Waals surface area (Å²) in [4.78, 5) is 9.68. The van der Waals surface area contributed by atoms with Crippen molar-refractivity contribution in [2.75, 3.05) is 6.54 Å². The highest BCUT2D eigenvalue weighted by Crippen LogP contribution is 2.11. The molecule has 1 saturated heterocycles. The molecule has 0 radical (unpaired) electrons. The molecule has 0 aliphatic carbocycles. The summed E-state index contributed by atoms with van der Waals surface area (Å²) in [7, 11) is 0. The Labute approximate surface area is 58.5 Å². The van der Waals surface area contributed by atoms with E-state index in [1.165, 1.54) is 0 Å². The van der Waals surface area contributed by atoms with Gasteiger partial charge in [-0.3, -0.25) is 4.79 Å². The molecule has 4 heteroatoms. The maximum Gasteiger partial charge on any atom is 0.295 e. The lowest BCUT2D eigenvalue weighted by molar-refractivity contribution is -0.144. The van der Waals surface area contributed by atoms with Crippen molar-refractivity contribution >= 4 is 6.47 Å². The Morgan fingerprint density at radius 2 is 2.60 bits per heavy atom. The first-order valence-electron chi connectivity index (χ1n) is 3.31. The molecule has 0 spiro atoms. The quantitative estimate of drug-likeness (QED) is 0.580. The average Bonchev–Trinajstić information content (AvgIpc) is 2.38. The first-order chi connectivity index (χ1) is 4.84. The van der Waals surface area contributed by atoms with Gasteiger partial charge in [0.25, 0.3) is 12.8 Å². The van der Waals surface area contributed by atoms with Crippen LogP contribution < -0.4 is 5.32 Å². The molecule has 0 aromatic rings. The predicted octanol–water partition coefficient (Wildman–Crippen LogP) is 0.207. The number of ether oxygens (including phenoxy) is 1. The maximum absolute atomic E-state index is 12.6. The Hall–Kier alpha value is -0.640. The molecule has 1 aliphatic rings. The fourth-order valence-electron chi connectivity index (χ4n) is 1.08. The average molecular weight is 147 g/mol. The summed E-state index contributed by atoms with van der Waals surface area (Å²) >= 11 is 0. The highest BCUT2D eigenvalue weighted by molar-refractivity contribution is 5.37. The van der Waals surface area contributed by atoms with Gasteiger partial charge in [-0.2, -0.15) is 0 Å². The smallest absolute Gasteiger partial charge is 0.295 e. The second-order valence-corrected chi connectivity index (χ2v) is 2.29. The van der Waals surface area contributed by atoms with E-state index in [2.05, 4.69) is 10.1 Å². The van der Waals surface area contributed by atoms with Crippen LogP contribution in [0.5, 0.6) is 0 Å². The van der Waals surface area contributed by atoms with Crippen LogP contribution in [0.1, 0.15) is 12.8 Å². The van der Waals surface area contributed by atoms with Crippen molar-refractivity contribution in [2.45, 2.75) is 25.2 Å². The first kappa shape index (κ1) is 7.47. The molecule has 1 N–H and O–H groups in total. The lowest BCUT2D eigenvalue weighted by atomic mass is 10.2. The van der Waals surface area contributed by atoms with Crippen LogP contribution in [0.3, 0.4) is 0 Å². The van der Waals surface area contributed by atoms with E-state index in [9.17, 15) is 9.18 Å². The Bertz CT molecular complexity index is 114. The minimum absolute atomic E-state index is 0.144. The topological polar surface area (TPSA) is 38.3 Å². The van der Waals surface area contributed by atoms with E-state index in [0.717, 1.165) is 19.4 Å². The normalized spacial score (nSPS) is 27.9. The Morgan fingerprint density at radius 1 is 1.80 bits per heavy atom. The summed E-state index contributed by atoms with van der Waals surface area (Å²) in [5.41, 5.74) is 0. The molecule has 1 rings (SSSR count). The van der Waals surface area contributed by atoms with Gasteiger partial charge in [-0.15, -0.1) is 0 Å².